The van der Waals surface area contributed by atoms with E-state index in [0.29, 0.717) is 12.5 Å². The van der Waals surface area contributed by atoms with Crippen LogP contribution in [0.25, 0.3) is 0 Å². The van der Waals surface area contributed by atoms with Crippen LogP contribution in [0.15, 0.2) is 18.2 Å². The molecule has 2 atom stereocenters. The van der Waals surface area contributed by atoms with Gasteiger partial charge in [-0.05, 0) is 12.8 Å². The fourth-order valence-electron chi connectivity index (χ4n) is 3.05. The van der Waals surface area contributed by atoms with Crippen LogP contribution in [0.3, 0.4) is 0 Å². The molecule has 160 valence electrons. The van der Waals surface area contributed by atoms with Crippen LogP contribution in [0, 0.1) is 20.2 Å². The first-order chi connectivity index (χ1) is 14.0. The van der Waals surface area contributed by atoms with Crippen LogP contribution in [0.2, 0.25) is 0 Å². The van der Waals surface area contributed by atoms with E-state index in [0.717, 1.165) is 17.0 Å². The fourth-order valence-corrected chi connectivity index (χ4v) is 3.05. The van der Waals surface area contributed by atoms with E-state index < -0.39 is 63.4 Å². The highest BCUT2D eigenvalue weighted by atomic mass is 16.6. The monoisotopic (exact) mass is 423 g/mol. The molecular weight excluding hydrogens is 406 g/mol. The SMILES string of the molecule is NC(=O)C[C@H](NC(=O)[C@H]1CCCN1C(=O)c1cc([N+](=O)[O-])cc([N+](=O)[O-])c1)C(=O)O. The number of aliphatic carboxylic acids is 1. The molecule has 1 heterocycles. The van der Waals surface area contributed by atoms with E-state index in [1.54, 1.807) is 0 Å². The normalized spacial score (nSPS) is 16.5. The van der Waals surface area contributed by atoms with E-state index in [1.165, 1.54) is 0 Å². The molecule has 0 aromatic heterocycles. The number of nitrogens with two attached hydrogens (primary N) is 1. The smallest absolute Gasteiger partial charge is 0.326 e. The Hall–Kier alpha value is -4.10. The molecule has 0 unspecified atom stereocenters. The van der Waals surface area contributed by atoms with Crippen LogP contribution in [0.4, 0.5) is 11.4 Å². The first-order valence-electron chi connectivity index (χ1n) is 8.57. The lowest BCUT2D eigenvalue weighted by Gasteiger charge is -2.25. The molecule has 14 nitrogen and oxygen atoms in total. The number of nitrogens with one attached hydrogen (secondary N) is 1. The molecule has 3 amide bonds. The zero-order valence-electron chi connectivity index (χ0n) is 15.3. The molecule has 0 aliphatic carbocycles. The number of hydrogen-bond donors (Lipinski definition) is 3. The van der Waals surface area contributed by atoms with Gasteiger partial charge in [0.15, 0.2) is 0 Å². The molecular formula is C16H17N5O9. The highest BCUT2D eigenvalue weighted by Gasteiger charge is 2.37. The summed E-state index contributed by atoms with van der Waals surface area (Å²) in [6.45, 7) is 0.0704. The molecule has 1 saturated heterocycles. The van der Waals surface area contributed by atoms with Crippen molar-refractivity contribution in [1.29, 1.82) is 0 Å². The van der Waals surface area contributed by atoms with Gasteiger partial charge in [-0.3, -0.25) is 34.6 Å². The Kier molecular flexibility index (Phi) is 6.61. The van der Waals surface area contributed by atoms with E-state index in [1.807, 2.05) is 0 Å². The predicted octanol–water partition coefficient (Wildman–Crippen LogP) is -0.448. The van der Waals surface area contributed by atoms with Gasteiger partial charge in [0, 0.05) is 18.7 Å². The topological polar surface area (TPSA) is 216 Å². The molecule has 0 saturated carbocycles. The van der Waals surface area contributed by atoms with Gasteiger partial charge in [-0.15, -0.1) is 0 Å². The first kappa shape index (κ1) is 22.2. The number of likely N-dealkylation sites (tertiary alicyclic amines) is 1. The summed E-state index contributed by atoms with van der Waals surface area (Å²) < 4.78 is 0. The first-order valence-corrected chi connectivity index (χ1v) is 8.57. The number of benzene rings is 1. The quantitative estimate of drug-likeness (QED) is 0.364. The van der Waals surface area contributed by atoms with Gasteiger partial charge in [0.25, 0.3) is 17.3 Å². The van der Waals surface area contributed by atoms with Crippen molar-refractivity contribution in [2.24, 2.45) is 5.73 Å². The summed E-state index contributed by atoms with van der Waals surface area (Å²) in [5.41, 5.74) is 3.27. The van der Waals surface area contributed by atoms with Crippen molar-refractivity contribution in [2.45, 2.75) is 31.3 Å². The number of carboxylic acids is 1. The summed E-state index contributed by atoms with van der Waals surface area (Å²) in [6, 6.07) is -0.297. The Morgan fingerprint density at radius 3 is 2.20 bits per heavy atom. The van der Waals surface area contributed by atoms with Crippen LogP contribution in [0.5, 0.6) is 0 Å². The number of nitrogens with zero attached hydrogens (tertiary/aromatic N) is 3. The summed E-state index contributed by atoms with van der Waals surface area (Å²) >= 11 is 0. The van der Waals surface area contributed by atoms with E-state index in [-0.39, 0.29) is 18.5 Å². The van der Waals surface area contributed by atoms with Gasteiger partial charge in [-0.2, -0.15) is 0 Å². The molecule has 1 aliphatic heterocycles. The second-order valence-corrected chi connectivity index (χ2v) is 6.48. The van der Waals surface area contributed by atoms with Crippen molar-refractivity contribution < 1.29 is 34.1 Å². The molecule has 0 spiro atoms. The zero-order valence-corrected chi connectivity index (χ0v) is 15.3. The Labute approximate surface area is 167 Å². The Balaban J connectivity index is 2.28. The third-order valence-electron chi connectivity index (χ3n) is 4.41. The number of amides is 3. The Morgan fingerprint density at radius 1 is 1.17 bits per heavy atom. The molecule has 4 N–H and O–H groups in total. The van der Waals surface area contributed by atoms with Crippen LogP contribution in [-0.4, -0.2) is 62.2 Å². The van der Waals surface area contributed by atoms with Crippen molar-refractivity contribution >= 4 is 35.1 Å². The van der Waals surface area contributed by atoms with Gasteiger partial charge in [-0.1, -0.05) is 0 Å². The minimum absolute atomic E-state index is 0.0704. The Morgan fingerprint density at radius 2 is 1.73 bits per heavy atom. The number of hydrogen-bond acceptors (Lipinski definition) is 8. The average molecular weight is 423 g/mol. The van der Waals surface area contributed by atoms with E-state index in [2.05, 4.69) is 5.32 Å². The third kappa shape index (κ3) is 5.03. The highest BCUT2D eigenvalue weighted by molar-refractivity contribution is 5.99. The van der Waals surface area contributed by atoms with Crippen LogP contribution < -0.4 is 11.1 Å². The van der Waals surface area contributed by atoms with Crippen molar-refractivity contribution in [3.63, 3.8) is 0 Å². The lowest BCUT2D eigenvalue weighted by molar-refractivity contribution is -0.394. The highest BCUT2D eigenvalue weighted by Crippen LogP contribution is 2.26. The number of non-ortho nitro benzene ring substituents is 2. The number of nitro groups is 2. The average Bonchev–Trinajstić information content (AvgIpc) is 3.15. The summed E-state index contributed by atoms with van der Waals surface area (Å²) in [5.74, 6) is -4.16. The summed E-state index contributed by atoms with van der Waals surface area (Å²) in [7, 11) is 0. The Bertz CT molecular complexity index is 899. The van der Waals surface area contributed by atoms with E-state index in [4.69, 9.17) is 10.8 Å². The number of rotatable bonds is 8. The van der Waals surface area contributed by atoms with Gasteiger partial charge in [0.1, 0.15) is 12.1 Å². The summed E-state index contributed by atoms with van der Waals surface area (Å²) in [4.78, 5) is 68.8. The maximum absolute atomic E-state index is 12.8. The molecule has 30 heavy (non-hydrogen) atoms. The predicted molar refractivity (Wildman–Crippen MR) is 97.2 cm³/mol. The number of carboxylic acid groups (broad SMARTS) is 1. The molecule has 0 bridgehead atoms. The summed E-state index contributed by atoms with van der Waals surface area (Å²) in [5, 5.41) is 33.3. The molecule has 14 heteroatoms. The van der Waals surface area contributed by atoms with Crippen LogP contribution >= 0.6 is 0 Å². The fraction of sp³-hybridized carbons (Fsp3) is 0.375. The number of nitro benzene ring substituents is 2. The van der Waals surface area contributed by atoms with Crippen molar-refractivity contribution in [3.05, 3.63) is 44.0 Å². The molecule has 1 fully saturated rings. The van der Waals surface area contributed by atoms with Crippen LogP contribution in [-0.2, 0) is 14.4 Å². The van der Waals surface area contributed by atoms with Crippen molar-refractivity contribution in [2.75, 3.05) is 6.54 Å². The molecule has 2 rings (SSSR count). The molecule has 1 aromatic rings. The second-order valence-electron chi connectivity index (χ2n) is 6.48. The lowest BCUT2D eigenvalue weighted by atomic mass is 10.1. The lowest BCUT2D eigenvalue weighted by Crippen LogP contribution is -2.51. The van der Waals surface area contributed by atoms with Gasteiger partial charge in [0.05, 0.1) is 27.9 Å². The largest absolute Gasteiger partial charge is 0.480 e. The van der Waals surface area contributed by atoms with Crippen molar-refractivity contribution in [1.82, 2.24) is 10.2 Å². The minimum atomic E-state index is -1.59. The van der Waals surface area contributed by atoms with E-state index in [9.17, 15) is 39.4 Å². The van der Waals surface area contributed by atoms with E-state index >= 15 is 0 Å². The second kappa shape index (κ2) is 8.93. The van der Waals surface area contributed by atoms with Gasteiger partial charge < -0.3 is 21.1 Å². The standard InChI is InChI=1S/C16H17N5O9/c17-13(22)7-11(16(25)26)18-14(23)12-2-1-3-19(12)15(24)8-4-9(20(27)28)6-10(5-8)21(29)30/h4-6,11-12H,1-3,7H2,(H2,17,22)(H,18,23)(H,25,26)/t11-,12+/m0/s1. The van der Waals surface area contributed by atoms with Crippen molar-refractivity contribution in [3.8, 4) is 0 Å². The number of carbonyl (C=O) groups is 4. The maximum atomic E-state index is 12.8. The third-order valence-corrected chi connectivity index (χ3v) is 4.41. The molecule has 0 radical (unpaired) electrons. The molecule has 1 aromatic carbocycles. The minimum Gasteiger partial charge on any atom is -0.480 e. The van der Waals surface area contributed by atoms with Gasteiger partial charge >= 0.3 is 5.97 Å². The summed E-state index contributed by atoms with van der Waals surface area (Å²) in [6.07, 6.45) is -0.120. The number of primary amides is 1. The number of carbonyl (C=O) groups excluding carboxylic acids is 3. The maximum Gasteiger partial charge on any atom is 0.326 e. The van der Waals surface area contributed by atoms with Gasteiger partial charge in [-0.25, -0.2) is 4.79 Å². The molecule has 1 aliphatic rings. The zero-order chi connectivity index (χ0) is 22.6. The van der Waals surface area contributed by atoms with Crippen LogP contribution in [0.1, 0.15) is 29.6 Å². The van der Waals surface area contributed by atoms with Gasteiger partial charge in [0.2, 0.25) is 11.8 Å².